The van der Waals surface area contributed by atoms with Crippen molar-refractivity contribution >= 4 is 76.1 Å². The molecule has 1 aliphatic rings. The van der Waals surface area contributed by atoms with Crippen LogP contribution in [-0.2, 0) is 93.1 Å². The van der Waals surface area contributed by atoms with Gasteiger partial charge in [-0.1, -0.05) is 195 Å². The fourth-order valence-corrected chi connectivity index (χ4v) is 14.2. The summed E-state index contributed by atoms with van der Waals surface area (Å²) in [7, 11) is 5.00. The summed E-state index contributed by atoms with van der Waals surface area (Å²) in [6, 6.07) is 35.8. The second kappa shape index (κ2) is 37.3. The first-order valence-electron chi connectivity index (χ1n) is 38.6. The minimum absolute atomic E-state index is 0.116. The predicted molar refractivity (Wildman–Crippen MR) is 431 cm³/mol. The van der Waals surface area contributed by atoms with Crippen molar-refractivity contribution in [2.75, 3.05) is 20.6 Å². The smallest absolute Gasteiger partial charge is 0.410 e. The predicted octanol–water partition coefficient (Wildman–Crippen LogP) is 13.1. The molecule has 0 saturated carbocycles. The van der Waals surface area contributed by atoms with Crippen LogP contribution < -0.4 is 21.3 Å². The minimum Gasteiger partial charge on any atom is -0.460 e. The van der Waals surface area contributed by atoms with Crippen LogP contribution in [0.2, 0.25) is 0 Å². The zero-order chi connectivity index (χ0) is 83.2. The molecule has 0 bridgehead atoms. The molecule has 7 amide bonds. The Bertz CT molecular complexity index is 4250. The molecule has 23 heteroatoms. The fraction of sp³-hybridized carbons (Fsp3) is 0.494. The van der Waals surface area contributed by atoms with Crippen molar-refractivity contribution < 1.29 is 71.7 Å². The summed E-state index contributed by atoms with van der Waals surface area (Å²) in [5.41, 5.74) is -0.859. The summed E-state index contributed by atoms with van der Waals surface area (Å²) in [5, 5.41) is 12.8. The number of esters is 2. The Balaban J connectivity index is 1.10. The van der Waals surface area contributed by atoms with Gasteiger partial charge >= 0.3 is 24.1 Å². The van der Waals surface area contributed by atoms with Crippen LogP contribution in [0, 0.1) is 17.3 Å². The van der Waals surface area contributed by atoms with Crippen molar-refractivity contribution in [3.8, 4) is 0 Å². The van der Waals surface area contributed by atoms with E-state index in [0.717, 1.165) is 33.2 Å². The zero-order valence-electron chi connectivity index (χ0n) is 69.3. The Morgan fingerprint density at radius 3 is 1.65 bits per heavy atom. The van der Waals surface area contributed by atoms with Crippen molar-refractivity contribution in [3.05, 3.63) is 191 Å². The van der Waals surface area contributed by atoms with Gasteiger partial charge in [0.05, 0.1) is 24.5 Å². The Hall–Kier alpha value is -10.5. The number of fused-ring (bicyclic) bond motifs is 1. The Labute approximate surface area is 661 Å². The van der Waals surface area contributed by atoms with Crippen LogP contribution in [0.1, 0.15) is 197 Å². The van der Waals surface area contributed by atoms with Crippen LogP contribution in [0.4, 0.5) is 9.59 Å². The van der Waals surface area contributed by atoms with E-state index < -0.39 is 141 Å². The first kappa shape index (κ1) is 88.8. The summed E-state index contributed by atoms with van der Waals surface area (Å²) in [4.78, 5) is 162. The van der Waals surface area contributed by atoms with Crippen LogP contribution >= 0.6 is 0 Å². The van der Waals surface area contributed by atoms with E-state index in [9.17, 15) is 43.2 Å². The number of amides is 7. The van der Waals surface area contributed by atoms with Gasteiger partial charge < -0.3 is 49.7 Å². The number of ether oxygens (including phenoxy) is 4. The lowest BCUT2D eigenvalue weighted by Gasteiger charge is -2.42. The fourth-order valence-electron chi connectivity index (χ4n) is 14.2. The molecule has 7 rings (SSSR count). The molecule has 1 saturated heterocycles. The summed E-state index contributed by atoms with van der Waals surface area (Å²) in [6.07, 6.45) is 1.58. The standard InChI is InChI=1S/C89H118N8O15/c1-56(2)70(95(20)80(105)75(84(5,6)7)92-79(104)76(96(21)82(107)111-86(11,12)13)88(17,18)65-54-94(19)68-41-32-31-40-64(65)68)50-57(3)77(102)90-66(47-48-74(101)110-85(8,9)10)81(106)109-55-60-45-43-59(44-46-60)52-71(98)67(91-78(103)58(4)51-72(99)69-42-33-49-97(69)83(108)112-87(14,15)16)53-73(100)93-89(61-34-25-22-26-35-61,62-36-27-23-28-37-62)63-38-29-24-30-39-63/h22-32,34-41,43-46,50,54,56,58,66-67,69-70,75-76H,33,42,47-49,51-53,55H2,1-21H3,(H,90,102)(H,91,103)(H,92,104)(H,93,100)/b57-50+/t58-,66+,67+,69+,70-,75-,76-/m1/s1. The normalized spacial score (nSPS) is 15.3. The first-order valence-corrected chi connectivity index (χ1v) is 38.6. The molecule has 7 atom stereocenters. The lowest BCUT2D eigenvalue weighted by atomic mass is 9.76. The van der Waals surface area contributed by atoms with Gasteiger partial charge in [-0.05, 0) is 139 Å². The number of benzene rings is 5. The maximum Gasteiger partial charge on any atom is 0.410 e. The molecule has 4 N–H and O–H groups in total. The number of aryl methyl sites for hydroxylation is 1. The number of ketones is 2. The third-order valence-electron chi connectivity index (χ3n) is 19.9. The Morgan fingerprint density at radius 2 is 1.12 bits per heavy atom. The number of aromatic nitrogens is 1. The highest BCUT2D eigenvalue weighted by atomic mass is 16.6. The molecular formula is C89H118N8O15. The van der Waals surface area contributed by atoms with E-state index >= 15 is 9.59 Å². The number of rotatable bonds is 31. The molecule has 5 aromatic carbocycles. The molecule has 23 nitrogen and oxygen atoms in total. The molecule has 0 radical (unpaired) electrons. The topological polar surface area (TPSA) is 287 Å². The number of nitrogens with zero attached hydrogens (tertiary/aromatic N) is 4. The van der Waals surface area contributed by atoms with Gasteiger partial charge in [0.1, 0.15) is 47.1 Å². The van der Waals surface area contributed by atoms with E-state index in [4.69, 9.17) is 18.9 Å². The van der Waals surface area contributed by atoms with Gasteiger partial charge in [0.2, 0.25) is 29.5 Å². The van der Waals surface area contributed by atoms with Crippen LogP contribution in [-0.4, -0.2) is 158 Å². The van der Waals surface area contributed by atoms with Crippen molar-refractivity contribution in [2.45, 2.75) is 240 Å². The molecule has 6 aromatic rings. The first-order chi connectivity index (χ1) is 52.2. The van der Waals surface area contributed by atoms with Crippen molar-refractivity contribution in [3.63, 3.8) is 0 Å². The van der Waals surface area contributed by atoms with Crippen molar-refractivity contribution in [1.82, 2.24) is 40.5 Å². The van der Waals surface area contributed by atoms with E-state index in [0.29, 0.717) is 30.5 Å². The molecule has 0 unspecified atom stereocenters. The summed E-state index contributed by atoms with van der Waals surface area (Å²) < 4.78 is 24.8. The lowest BCUT2D eigenvalue weighted by Crippen LogP contribution is -2.63. The van der Waals surface area contributed by atoms with Crippen LogP contribution in [0.15, 0.2) is 157 Å². The average molecular weight is 1540 g/mol. The second-order valence-electron chi connectivity index (χ2n) is 34.5. The van der Waals surface area contributed by atoms with E-state index in [2.05, 4.69) is 21.3 Å². The number of likely N-dealkylation sites (tertiary alicyclic amines) is 1. The maximum absolute atomic E-state index is 15.2. The van der Waals surface area contributed by atoms with E-state index in [1.807, 2.05) is 182 Å². The quantitative estimate of drug-likeness (QED) is 0.0136. The van der Waals surface area contributed by atoms with Crippen molar-refractivity contribution in [1.29, 1.82) is 0 Å². The largest absolute Gasteiger partial charge is 0.460 e. The van der Waals surface area contributed by atoms with Gasteiger partial charge in [-0.3, -0.25) is 48.2 Å². The monoisotopic (exact) mass is 1540 g/mol. The number of Topliss-reactive ketones (excluding diaryl/α,β-unsaturated/α-hetero) is 2. The summed E-state index contributed by atoms with van der Waals surface area (Å²) in [5.74, 6) is -6.73. The van der Waals surface area contributed by atoms with Crippen LogP contribution in [0.3, 0.4) is 0 Å². The van der Waals surface area contributed by atoms with E-state index in [-0.39, 0.29) is 49.6 Å². The van der Waals surface area contributed by atoms with Gasteiger partial charge in [0.25, 0.3) is 0 Å². The average Bonchev–Trinajstić information content (AvgIpc) is 1.40. The third kappa shape index (κ3) is 23.6. The van der Waals surface area contributed by atoms with Crippen molar-refractivity contribution in [2.24, 2.45) is 24.3 Å². The molecule has 1 fully saturated rings. The molecule has 0 aliphatic carbocycles. The number of carbonyl (C=O) groups is 11. The Morgan fingerprint density at radius 1 is 0.598 bits per heavy atom. The number of hydrogen-bond donors (Lipinski definition) is 4. The summed E-state index contributed by atoms with van der Waals surface area (Å²) in [6.45, 7) is 31.6. The molecule has 604 valence electrons. The molecule has 2 heterocycles. The number of para-hydroxylation sites is 1. The van der Waals surface area contributed by atoms with E-state index in [1.54, 1.807) is 107 Å². The molecule has 112 heavy (non-hydrogen) atoms. The molecular weight excluding hydrogens is 1420 g/mol. The summed E-state index contributed by atoms with van der Waals surface area (Å²) >= 11 is 0. The highest BCUT2D eigenvalue weighted by molar-refractivity contribution is 5.99. The lowest BCUT2D eigenvalue weighted by molar-refractivity contribution is -0.156. The maximum atomic E-state index is 15.2. The van der Waals surface area contributed by atoms with Crippen LogP contribution in [0.25, 0.3) is 10.9 Å². The molecule has 0 spiro atoms. The van der Waals surface area contributed by atoms with Crippen LogP contribution in [0.5, 0.6) is 0 Å². The number of likely N-dealkylation sites (N-methyl/N-ethyl adjacent to an activating group) is 2. The van der Waals surface area contributed by atoms with Gasteiger partial charge in [0, 0.05) is 81.0 Å². The van der Waals surface area contributed by atoms with E-state index in [1.165, 1.54) is 28.7 Å². The number of carbonyl (C=O) groups excluding carboxylic acids is 11. The SMILES string of the molecule is C/C(=C\[C@H](C(C)C)N(C)C(=O)[C@@H](NC(=O)[C@@H](N(C)C(=O)OC(C)(C)C)C(C)(C)c1cn(C)c2ccccc12)C(C)(C)C)C(=O)N[C@@H](CCC(=O)OC(C)(C)C)C(=O)OCc1ccc(CC(=O)[C@H](CC(=O)NC(c2ccccc2)(c2ccccc2)c2ccccc2)NC(=O)[C@H](C)CC(=O)[C@@H]2CCCN2C(=O)OC(C)(C)C)cc1. The highest BCUT2D eigenvalue weighted by Crippen LogP contribution is 2.40. The minimum atomic E-state index is -1.41. The Kier molecular flexibility index (Phi) is 29.5. The molecule has 1 aliphatic heterocycles. The van der Waals surface area contributed by atoms with Gasteiger partial charge in [-0.2, -0.15) is 0 Å². The zero-order valence-corrected chi connectivity index (χ0v) is 69.3. The van der Waals surface area contributed by atoms with Gasteiger partial charge in [-0.15, -0.1) is 0 Å². The van der Waals surface area contributed by atoms with Gasteiger partial charge in [0.15, 0.2) is 11.6 Å². The third-order valence-corrected chi connectivity index (χ3v) is 19.9. The highest BCUT2D eigenvalue weighted by Gasteiger charge is 2.48. The molecule has 1 aromatic heterocycles. The van der Waals surface area contributed by atoms with Gasteiger partial charge in [-0.25, -0.2) is 14.4 Å². The number of nitrogens with one attached hydrogen (secondary N) is 4. The number of hydrogen-bond acceptors (Lipinski definition) is 15. The second-order valence-corrected chi connectivity index (χ2v) is 34.5.